The lowest BCUT2D eigenvalue weighted by molar-refractivity contribution is -0.113. The molecule has 0 aliphatic rings. The third-order valence-corrected chi connectivity index (χ3v) is 7.51. The van der Waals surface area contributed by atoms with E-state index in [0.717, 1.165) is 38.0 Å². The summed E-state index contributed by atoms with van der Waals surface area (Å²) in [6.45, 7) is 2.15. The van der Waals surface area contributed by atoms with Gasteiger partial charge < -0.3 is 5.32 Å². The quantitative estimate of drug-likeness (QED) is 0.134. The van der Waals surface area contributed by atoms with Gasteiger partial charge in [0, 0.05) is 17.7 Å². The Morgan fingerprint density at radius 1 is 1.18 bits per heavy atom. The molecule has 0 spiro atoms. The van der Waals surface area contributed by atoms with Gasteiger partial charge in [0.1, 0.15) is 0 Å². The van der Waals surface area contributed by atoms with Gasteiger partial charge in [-0.3, -0.25) is 4.79 Å². The Morgan fingerprint density at radius 2 is 2.06 bits per heavy atom. The van der Waals surface area contributed by atoms with E-state index in [-0.39, 0.29) is 11.7 Å². The molecule has 4 rings (SSSR count). The summed E-state index contributed by atoms with van der Waals surface area (Å²) in [7, 11) is 0. The van der Waals surface area contributed by atoms with Crippen LogP contribution in [0.4, 0.5) is 11.6 Å². The minimum absolute atomic E-state index is 0.127. The van der Waals surface area contributed by atoms with E-state index in [4.69, 9.17) is 0 Å². The number of thiazole rings is 1. The van der Waals surface area contributed by atoms with Gasteiger partial charge in [-0.2, -0.15) is 10.1 Å². The molecular formula is C23H23N7OS3. The van der Waals surface area contributed by atoms with E-state index < -0.39 is 0 Å². The third-order valence-electron chi connectivity index (χ3n) is 4.30. The molecule has 1 amide bonds. The van der Waals surface area contributed by atoms with Crippen LogP contribution in [-0.4, -0.2) is 43.8 Å². The fourth-order valence-corrected chi connectivity index (χ4v) is 5.41. The Kier molecular flexibility index (Phi) is 8.71. The van der Waals surface area contributed by atoms with E-state index in [9.17, 15) is 4.79 Å². The van der Waals surface area contributed by atoms with Gasteiger partial charge in [-0.25, -0.2) is 15.5 Å². The van der Waals surface area contributed by atoms with Gasteiger partial charge in [-0.15, -0.1) is 16.4 Å². The zero-order valence-corrected chi connectivity index (χ0v) is 20.8. The van der Waals surface area contributed by atoms with Crippen LogP contribution in [0.5, 0.6) is 0 Å². The molecule has 2 aromatic carbocycles. The zero-order valence-electron chi connectivity index (χ0n) is 18.4. The summed E-state index contributed by atoms with van der Waals surface area (Å²) < 4.78 is 2.12. The highest BCUT2D eigenvalue weighted by Gasteiger charge is 2.10. The van der Waals surface area contributed by atoms with E-state index in [0.29, 0.717) is 11.1 Å². The summed E-state index contributed by atoms with van der Waals surface area (Å²) in [5, 5.41) is 14.3. The van der Waals surface area contributed by atoms with Crippen molar-refractivity contribution in [3.05, 3.63) is 60.2 Å². The highest BCUT2D eigenvalue weighted by molar-refractivity contribution is 8.01. The van der Waals surface area contributed by atoms with Gasteiger partial charge in [-0.05, 0) is 36.3 Å². The molecule has 2 aromatic heterocycles. The minimum atomic E-state index is -0.127. The Bertz CT molecular complexity index is 1280. The maximum Gasteiger partial charge on any atom is 0.240 e. The highest BCUT2D eigenvalue weighted by Crippen LogP contribution is 2.31. The third kappa shape index (κ3) is 7.17. The molecule has 3 N–H and O–H groups in total. The zero-order chi connectivity index (χ0) is 23.6. The minimum Gasteiger partial charge on any atom is -0.325 e. The molecular weight excluding hydrogens is 487 g/mol. The summed E-state index contributed by atoms with van der Waals surface area (Å²) >= 11 is 4.65. The van der Waals surface area contributed by atoms with Gasteiger partial charge in [0.15, 0.2) is 4.34 Å². The van der Waals surface area contributed by atoms with Crippen LogP contribution in [0.3, 0.4) is 0 Å². The molecule has 0 radical (unpaired) electrons. The second kappa shape index (κ2) is 12.4. The number of hydrogen-bond donors (Lipinski definition) is 3. The van der Waals surface area contributed by atoms with Crippen molar-refractivity contribution in [2.45, 2.75) is 22.8 Å². The Balaban J connectivity index is 1.22. The van der Waals surface area contributed by atoms with Gasteiger partial charge in [0.2, 0.25) is 17.0 Å². The number of rotatable bonds is 11. The molecule has 0 unspecified atom stereocenters. The average molecular weight is 510 g/mol. The second-order valence-electron chi connectivity index (χ2n) is 6.97. The molecule has 0 aliphatic heterocycles. The van der Waals surface area contributed by atoms with E-state index in [1.165, 1.54) is 11.8 Å². The average Bonchev–Trinajstić information content (AvgIpc) is 3.48. The molecule has 2 heterocycles. The Morgan fingerprint density at radius 3 is 2.91 bits per heavy atom. The molecule has 34 heavy (non-hydrogen) atoms. The number of nitrogens with zero attached hydrogens (tertiary/aromatic N) is 4. The Labute approximate surface area is 209 Å². The molecule has 0 saturated carbocycles. The summed E-state index contributed by atoms with van der Waals surface area (Å²) in [6, 6.07) is 15.7. The number of carbonyl (C=O) groups excluding carboxylic acids is 1. The maximum atomic E-state index is 12.4. The van der Waals surface area contributed by atoms with Gasteiger partial charge in [0.25, 0.3) is 0 Å². The molecule has 0 fully saturated rings. The molecule has 4 aromatic rings. The van der Waals surface area contributed by atoms with Crippen LogP contribution >= 0.6 is 34.9 Å². The van der Waals surface area contributed by atoms with Crippen LogP contribution in [0, 0.1) is 0 Å². The monoisotopic (exact) mass is 509 g/mol. The number of hydrogen-bond acceptors (Lipinski definition) is 9. The molecule has 0 bridgehead atoms. The number of allylic oxidation sites excluding steroid dienone is 1. The van der Waals surface area contributed by atoms with Crippen LogP contribution in [0.1, 0.15) is 18.9 Å². The van der Waals surface area contributed by atoms with Crippen molar-refractivity contribution in [2.75, 3.05) is 22.2 Å². The smallest absolute Gasteiger partial charge is 0.240 e. The van der Waals surface area contributed by atoms with Crippen molar-refractivity contribution in [3.63, 3.8) is 0 Å². The number of amides is 1. The Hall–Kier alpha value is -3.15. The number of H-pyrrole nitrogens is 1. The normalized spacial score (nSPS) is 11.6. The number of aromatic amines is 1. The standard InChI is InChI=1S/C23H23N7OS3/c1-2-13-32-23-26-18-11-10-17(14-19(18)34-23)25-20(31)15-33-22-27-21(29-30-22)28-24-12-6-9-16-7-4-3-5-8-16/h3-12,14H,2,13,15H2,1H3,(H,25,31)(H2,27,28,29,30)/b9-6+,24-12+. The lowest BCUT2D eigenvalue weighted by Crippen LogP contribution is -2.14. The fraction of sp³-hybridized carbons (Fsp3) is 0.174. The van der Waals surface area contributed by atoms with Crippen molar-refractivity contribution in [3.8, 4) is 0 Å². The number of nitrogens with one attached hydrogen (secondary N) is 3. The summed E-state index contributed by atoms with van der Waals surface area (Å²) in [6.07, 6.45) is 6.51. The highest BCUT2D eigenvalue weighted by atomic mass is 32.2. The predicted octanol–water partition coefficient (Wildman–Crippen LogP) is 5.76. The number of aromatic nitrogens is 4. The van der Waals surface area contributed by atoms with Gasteiger partial charge in [-0.1, -0.05) is 66.9 Å². The number of hydrazone groups is 1. The number of anilines is 2. The van der Waals surface area contributed by atoms with E-state index in [2.05, 4.69) is 42.9 Å². The van der Waals surface area contributed by atoms with Crippen molar-refractivity contribution in [2.24, 2.45) is 5.10 Å². The first-order chi connectivity index (χ1) is 16.7. The van der Waals surface area contributed by atoms with Crippen molar-refractivity contribution >= 4 is 74.9 Å². The lowest BCUT2D eigenvalue weighted by atomic mass is 10.2. The number of benzene rings is 2. The summed E-state index contributed by atoms with van der Waals surface area (Å²) in [5.41, 5.74) is 5.58. The molecule has 0 saturated heterocycles. The first-order valence-corrected chi connectivity index (χ1v) is 13.4. The van der Waals surface area contributed by atoms with Gasteiger partial charge >= 0.3 is 0 Å². The number of fused-ring (bicyclic) bond motifs is 1. The SMILES string of the molecule is CCCSc1nc2ccc(NC(=O)CSc3n[nH]c(N/N=C/C=C/c4ccccc4)n3)cc2s1. The first kappa shape index (κ1) is 24.0. The van der Waals surface area contributed by atoms with Crippen molar-refractivity contribution < 1.29 is 4.79 Å². The summed E-state index contributed by atoms with van der Waals surface area (Å²) in [4.78, 5) is 21.3. The van der Waals surface area contributed by atoms with Crippen LogP contribution in [0.15, 0.2) is 69.2 Å². The molecule has 0 atom stereocenters. The van der Waals surface area contributed by atoms with Gasteiger partial charge in [0.05, 0.1) is 16.0 Å². The fourth-order valence-electron chi connectivity index (χ4n) is 2.78. The van der Waals surface area contributed by atoms with E-state index >= 15 is 0 Å². The topological polar surface area (TPSA) is 108 Å². The maximum absolute atomic E-state index is 12.4. The predicted molar refractivity (Wildman–Crippen MR) is 144 cm³/mol. The number of carbonyl (C=O) groups is 1. The lowest BCUT2D eigenvalue weighted by Gasteiger charge is -2.03. The van der Waals surface area contributed by atoms with Crippen LogP contribution < -0.4 is 10.7 Å². The molecule has 11 heteroatoms. The van der Waals surface area contributed by atoms with E-state index in [1.54, 1.807) is 29.3 Å². The van der Waals surface area contributed by atoms with Crippen molar-refractivity contribution in [1.82, 2.24) is 20.2 Å². The van der Waals surface area contributed by atoms with Crippen LogP contribution in [0.2, 0.25) is 0 Å². The van der Waals surface area contributed by atoms with Crippen LogP contribution in [-0.2, 0) is 4.79 Å². The van der Waals surface area contributed by atoms with Crippen molar-refractivity contribution in [1.29, 1.82) is 0 Å². The van der Waals surface area contributed by atoms with E-state index in [1.807, 2.05) is 60.7 Å². The van der Waals surface area contributed by atoms with Crippen LogP contribution in [0.25, 0.3) is 16.3 Å². The molecule has 0 aliphatic carbocycles. The first-order valence-electron chi connectivity index (χ1n) is 10.6. The molecule has 8 nitrogen and oxygen atoms in total. The number of thioether (sulfide) groups is 2. The molecule has 174 valence electrons. The largest absolute Gasteiger partial charge is 0.325 e. The second-order valence-corrected chi connectivity index (χ2v) is 10.3. The summed E-state index contributed by atoms with van der Waals surface area (Å²) in [5.74, 6) is 1.52.